The number of hydrogen-bond acceptors (Lipinski definition) is 4. The molecule has 1 aliphatic heterocycles. The van der Waals surface area contributed by atoms with Crippen LogP contribution in [0.15, 0.2) is 59.1 Å². The van der Waals surface area contributed by atoms with Gasteiger partial charge in [-0.15, -0.1) is 0 Å². The average Bonchev–Trinajstić information content (AvgIpc) is 2.52. The zero-order valence-corrected chi connectivity index (χ0v) is 12.6. The molecular weight excluding hydrogens is 302 g/mol. The van der Waals surface area contributed by atoms with Gasteiger partial charge < -0.3 is 4.74 Å². The van der Waals surface area contributed by atoms with E-state index in [4.69, 9.17) is 4.74 Å². The molecule has 1 heterocycles. The smallest absolute Gasteiger partial charge is 0.262 e. The lowest BCUT2D eigenvalue weighted by Gasteiger charge is -2.19. The lowest BCUT2D eigenvalue weighted by Crippen LogP contribution is -2.34. The summed E-state index contributed by atoms with van der Waals surface area (Å²) in [5.74, 6) is 0.272. The maximum absolute atomic E-state index is 12.4. The number of fused-ring (bicyclic) bond motifs is 1. The Morgan fingerprint density at radius 1 is 1.09 bits per heavy atom. The standard InChI is InChI=1S/C16H13NO4S/c1-21-12-6-4-5-11(9-12)10-14-16(18)13-7-2-3-8-15(13)22(19,20)17-14/h2-10,17H,1H3/b14-10-. The van der Waals surface area contributed by atoms with Crippen molar-refractivity contribution in [2.75, 3.05) is 7.11 Å². The zero-order valence-electron chi connectivity index (χ0n) is 11.7. The van der Waals surface area contributed by atoms with Gasteiger partial charge in [0.05, 0.1) is 17.7 Å². The molecule has 1 aliphatic rings. The van der Waals surface area contributed by atoms with Crippen molar-refractivity contribution < 1.29 is 17.9 Å². The number of allylic oxidation sites excluding steroid dienone is 1. The molecule has 22 heavy (non-hydrogen) atoms. The fourth-order valence-electron chi connectivity index (χ4n) is 2.27. The van der Waals surface area contributed by atoms with Crippen LogP contribution >= 0.6 is 0 Å². The highest BCUT2D eigenvalue weighted by Gasteiger charge is 2.31. The first-order valence-corrected chi connectivity index (χ1v) is 8.02. The second kappa shape index (κ2) is 5.31. The van der Waals surface area contributed by atoms with Gasteiger partial charge in [-0.25, -0.2) is 8.42 Å². The van der Waals surface area contributed by atoms with Gasteiger partial charge in [0.2, 0.25) is 5.78 Å². The molecule has 0 bridgehead atoms. The number of rotatable bonds is 2. The Morgan fingerprint density at radius 3 is 2.64 bits per heavy atom. The largest absolute Gasteiger partial charge is 0.497 e. The van der Waals surface area contributed by atoms with Crippen LogP contribution in [0.3, 0.4) is 0 Å². The number of nitrogens with one attached hydrogen (secondary N) is 1. The van der Waals surface area contributed by atoms with E-state index in [1.54, 1.807) is 36.4 Å². The van der Waals surface area contributed by atoms with Crippen LogP contribution in [-0.4, -0.2) is 21.3 Å². The molecule has 6 heteroatoms. The molecule has 0 fully saturated rings. The monoisotopic (exact) mass is 315 g/mol. The summed E-state index contributed by atoms with van der Waals surface area (Å²) < 4.78 is 31.9. The zero-order chi connectivity index (χ0) is 15.7. The quantitative estimate of drug-likeness (QED) is 0.863. The first-order valence-electron chi connectivity index (χ1n) is 6.53. The highest BCUT2D eigenvalue weighted by Crippen LogP contribution is 2.25. The van der Waals surface area contributed by atoms with Crippen molar-refractivity contribution in [1.82, 2.24) is 4.72 Å². The molecule has 0 atom stereocenters. The van der Waals surface area contributed by atoms with Crippen LogP contribution in [0.5, 0.6) is 5.75 Å². The van der Waals surface area contributed by atoms with Crippen LogP contribution < -0.4 is 9.46 Å². The number of Topliss-reactive ketones (excluding diaryl/α,β-unsaturated/α-hetero) is 1. The molecule has 0 amide bonds. The van der Waals surface area contributed by atoms with E-state index in [-0.39, 0.29) is 21.9 Å². The molecule has 0 unspecified atom stereocenters. The molecule has 0 spiro atoms. The fraction of sp³-hybridized carbons (Fsp3) is 0.0625. The average molecular weight is 315 g/mol. The molecule has 0 radical (unpaired) electrons. The van der Waals surface area contributed by atoms with Gasteiger partial charge >= 0.3 is 0 Å². The Labute approximate surface area is 128 Å². The molecular formula is C16H13NO4S. The third-order valence-corrected chi connectivity index (χ3v) is 4.74. The van der Waals surface area contributed by atoms with E-state index in [0.717, 1.165) is 0 Å². The van der Waals surface area contributed by atoms with Crippen LogP contribution in [0.2, 0.25) is 0 Å². The van der Waals surface area contributed by atoms with Gasteiger partial charge in [-0.05, 0) is 35.9 Å². The summed E-state index contributed by atoms with van der Waals surface area (Å²) in [6.45, 7) is 0. The number of ketones is 1. The molecule has 0 aliphatic carbocycles. The maximum atomic E-state index is 12.4. The molecule has 5 nitrogen and oxygen atoms in total. The molecule has 112 valence electrons. The van der Waals surface area contributed by atoms with E-state index >= 15 is 0 Å². The normalized spacial score (nSPS) is 17.7. The van der Waals surface area contributed by atoms with Crippen molar-refractivity contribution >= 4 is 21.9 Å². The van der Waals surface area contributed by atoms with E-state index < -0.39 is 10.0 Å². The summed E-state index contributed by atoms with van der Waals surface area (Å²) in [6, 6.07) is 13.2. The first kappa shape index (κ1) is 14.3. The Morgan fingerprint density at radius 2 is 1.86 bits per heavy atom. The predicted molar refractivity (Wildman–Crippen MR) is 82.1 cm³/mol. The van der Waals surface area contributed by atoms with Gasteiger partial charge in [0.1, 0.15) is 5.75 Å². The van der Waals surface area contributed by atoms with E-state index in [2.05, 4.69) is 4.72 Å². The van der Waals surface area contributed by atoms with Crippen molar-refractivity contribution in [2.24, 2.45) is 0 Å². The van der Waals surface area contributed by atoms with Crippen molar-refractivity contribution in [3.63, 3.8) is 0 Å². The van der Waals surface area contributed by atoms with Crippen LogP contribution in [0.1, 0.15) is 15.9 Å². The number of ether oxygens (including phenoxy) is 1. The minimum absolute atomic E-state index is 0.00259. The van der Waals surface area contributed by atoms with E-state index in [9.17, 15) is 13.2 Å². The van der Waals surface area contributed by atoms with Crippen LogP contribution in [0.25, 0.3) is 6.08 Å². The minimum atomic E-state index is -3.73. The lowest BCUT2D eigenvalue weighted by atomic mass is 10.1. The first-order chi connectivity index (χ1) is 10.5. The number of hydrogen-bond donors (Lipinski definition) is 1. The van der Waals surface area contributed by atoms with Crippen LogP contribution in [0, 0.1) is 0 Å². The SMILES string of the molecule is COc1cccc(/C=C2\NS(=O)(=O)c3ccccc3C2=O)c1. The Bertz CT molecular complexity index is 885. The predicted octanol–water partition coefficient (Wildman–Crippen LogP) is 2.21. The number of methoxy groups -OCH3 is 1. The lowest BCUT2D eigenvalue weighted by molar-refractivity contribution is 0.102. The van der Waals surface area contributed by atoms with Gasteiger partial charge in [-0.1, -0.05) is 24.3 Å². The number of carbonyl (C=O) groups excluding carboxylic acids is 1. The van der Waals surface area contributed by atoms with E-state index in [1.807, 2.05) is 0 Å². The Hall–Kier alpha value is -2.60. The highest BCUT2D eigenvalue weighted by atomic mass is 32.2. The van der Waals surface area contributed by atoms with Crippen molar-refractivity contribution in [3.8, 4) is 5.75 Å². The summed E-state index contributed by atoms with van der Waals surface area (Å²) in [5.41, 5.74) is 0.868. The van der Waals surface area contributed by atoms with Crippen molar-refractivity contribution in [2.45, 2.75) is 4.90 Å². The van der Waals surface area contributed by atoms with Crippen molar-refractivity contribution in [1.29, 1.82) is 0 Å². The topological polar surface area (TPSA) is 72.5 Å². The molecule has 2 aromatic rings. The molecule has 3 rings (SSSR count). The highest BCUT2D eigenvalue weighted by molar-refractivity contribution is 7.90. The molecule has 2 aromatic carbocycles. The third kappa shape index (κ3) is 2.48. The summed E-state index contributed by atoms with van der Waals surface area (Å²) in [5, 5.41) is 0. The van der Waals surface area contributed by atoms with Gasteiger partial charge in [-0.3, -0.25) is 9.52 Å². The molecule has 0 saturated carbocycles. The second-order valence-electron chi connectivity index (χ2n) is 4.77. The summed E-state index contributed by atoms with van der Waals surface area (Å²) in [6.07, 6.45) is 1.50. The second-order valence-corrected chi connectivity index (χ2v) is 6.42. The van der Waals surface area contributed by atoms with Crippen LogP contribution in [0.4, 0.5) is 0 Å². The number of benzene rings is 2. The number of sulfonamides is 1. The maximum Gasteiger partial charge on any atom is 0.262 e. The van der Waals surface area contributed by atoms with E-state index in [0.29, 0.717) is 11.3 Å². The van der Waals surface area contributed by atoms with Crippen LogP contribution in [-0.2, 0) is 10.0 Å². The minimum Gasteiger partial charge on any atom is -0.497 e. The Balaban J connectivity index is 2.10. The van der Waals surface area contributed by atoms with Gasteiger partial charge in [0.15, 0.2) is 0 Å². The van der Waals surface area contributed by atoms with E-state index in [1.165, 1.54) is 25.3 Å². The van der Waals surface area contributed by atoms with Gasteiger partial charge in [0.25, 0.3) is 10.0 Å². The molecule has 0 saturated heterocycles. The van der Waals surface area contributed by atoms with Gasteiger partial charge in [-0.2, -0.15) is 0 Å². The summed E-state index contributed by atoms with van der Waals surface area (Å²) >= 11 is 0. The number of carbonyl (C=O) groups is 1. The summed E-state index contributed by atoms with van der Waals surface area (Å²) in [7, 11) is -2.19. The van der Waals surface area contributed by atoms with Gasteiger partial charge in [0, 0.05) is 5.56 Å². The summed E-state index contributed by atoms with van der Waals surface area (Å²) in [4.78, 5) is 12.4. The molecule has 1 N–H and O–H groups in total. The molecule has 0 aromatic heterocycles. The van der Waals surface area contributed by atoms with Crippen molar-refractivity contribution in [3.05, 3.63) is 65.4 Å². The third-order valence-electron chi connectivity index (χ3n) is 3.31. The Kier molecular flexibility index (Phi) is 3.46. The fourth-order valence-corrected chi connectivity index (χ4v) is 3.53.